The zero-order chi connectivity index (χ0) is 20.8. The highest BCUT2D eigenvalue weighted by Crippen LogP contribution is 2.23. The van der Waals surface area contributed by atoms with E-state index in [1.54, 1.807) is 12.4 Å². The van der Waals surface area contributed by atoms with Gasteiger partial charge in [-0.1, -0.05) is 42.0 Å². The van der Waals surface area contributed by atoms with Gasteiger partial charge in [-0.25, -0.2) is 4.98 Å². The number of likely N-dealkylation sites (N-methyl/N-ethyl adjacent to an activating group) is 1. The fraction of sp³-hybridized carbons (Fsp3) is 0.261. The van der Waals surface area contributed by atoms with Gasteiger partial charge in [0.25, 0.3) is 5.91 Å². The van der Waals surface area contributed by atoms with Gasteiger partial charge in [0.15, 0.2) is 5.82 Å². The van der Waals surface area contributed by atoms with Crippen LogP contribution in [0, 0.1) is 6.92 Å². The van der Waals surface area contributed by atoms with Crippen molar-refractivity contribution in [2.24, 2.45) is 0 Å². The molecule has 1 heterocycles. The molecule has 1 aromatic heterocycles. The summed E-state index contributed by atoms with van der Waals surface area (Å²) in [6.07, 6.45) is 3.30. The third-order valence-corrected chi connectivity index (χ3v) is 4.86. The Labute approximate surface area is 172 Å². The molecule has 3 aromatic rings. The normalized spacial score (nSPS) is 11.9. The molecule has 0 saturated carbocycles. The highest BCUT2D eigenvalue weighted by atomic mass is 16.1. The molecular weight excluding hydrogens is 362 g/mol. The Morgan fingerprint density at radius 2 is 1.79 bits per heavy atom. The number of hydrogen-bond donors (Lipinski definition) is 2. The Bertz CT molecular complexity index is 969. The largest absolute Gasteiger partial charge is 0.371 e. The number of rotatable bonds is 7. The minimum atomic E-state index is -0.0935. The number of carbonyl (C=O) groups is 1. The van der Waals surface area contributed by atoms with Crippen LogP contribution in [0.2, 0.25) is 0 Å². The Balaban J connectivity index is 1.70. The summed E-state index contributed by atoms with van der Waals surface area (Å²) >= 11 is 0. The maximum atomic E-state index is 12.7. The zero-order valence-corrected chi connectivity index (χ0v) is 17.3. The molecule has 0 aliphatic carbocycles. The molecule has 1 atom stereocenters. The monoisotopic (exact) mass is 389 g/mol. The molecule has 0 aliphatic rings. The summed E-state index contributed by atoms with van der Waals surface area (Å²) in [5.41, 5.74) is 4.68. The average molecular weight is 390 g/mol. The van der Waals surface area contributed by atoms with Crippen molar-refractivity contribution in [1.29, 1.82) is 0 Å². The van der Waals surface area contributed by atoms with Gasteiger partial charge in [-0.05, 0) is 38.7 Å². The van der Waals surface area contributed by atoms with Crippen molar-refractivity contribution in [3.63, 3.8) is 0 Å². The lowest BCUT2D eigenvalue weighted by Gasteiger charge is -2.25. The molecule has 150 valence electrons. The summed E-state index contributed by atoms with van der Waals surface area (Å²) < 4.78 is 0. The van der Waals surface area contributed by atoms with Crippen molar-refractivity contribution in [1.82, 2.24) is 20.2 Å². The molecule has 2 aromatic carbocycles. The molecule has 0 bridgehead atoms. The first-order chi connectivity index (χ1) is 14.0. The third kappa shape index (κ3) is 4.97. The van der Waals surface area contributed by atoms with Crippen LogP contribution >= 0.6 is 0 Å². The van der Waals surface area contributed by atoms with Crippen molar-refractivity contribution in [3.8, 4) is 11.3 Å². The molecule has 0 radical (unpaired) electrons. The van der Waals surface area contributed by atoms with E-state index >= 15 is 0 Å². The summed E-state index contributed by atoms with van der Waals surface area (Å²) in [7, 11) is 5.85. The van der Waals surface area contributed by atoms with Crippen LogP contribution in [0.15, 0.2) is 60.9 Å². The van der Waals surface area contributed by atoms with E-state index in [9.17, 15) is 4.79 Å². The summed E-state index contributed by atoms with van der Waals surface area (Å²) in [6, 6.07) is 15.9. The van der Waals surface area contributed by atoms with E-state index in [0.717, 1.165) is 11.3 Å². The van der Waals surface area contributed by atoms with Gasteiger partial charge in [0.2, 0.25) is 0 Å². The molecule has 3 rings (SSSR count). The van der Waals surface area contributed by atoms with Gasteiger partial charge in [-0.3, -0.25) is 9.78 Å². The predicted octanol–water partition coefficient (Wildman–Crippen LogP) is 3.53. The van der Waals surface area contributed by atoms with Crippen molar-refractivity contribution in [2.45, 2.75) is 13.0 Å². The minimum Gasteiger partial charge on any atom is -0.371 e. The molecule has 0 saturated heterocycles. The van der Waals surface area contributed by atoms with E-state index in [1.165, 1.54) is 11.1 Å². The van der Waals surface area contributed by atoms with Gasteiger partial charge in [0.05, 0.1) is 6.04 Å². The first-order valence-electron chi connectivity index (χ1n) is 9.60. The van der Waals surface area contributed by atoms with Gasteiger partial charge >= 0.3 is 0 Å². The predicted molar refractivity (Wildman–Crippen MR) is 117 cm³/mol. The molecular formula is C23H27N5O. The summed E-state index contributed by atoms with van der Waals surface area (Å²) in [6.45, 7) is 2.61. The number of aryl methyl sites for hydroxylation is 1. The molecule has 1 unspecified atom stereocenters. The second-order valence-electron chi connectivity index (χ2n) is 7.18. The molecule has 1 amide bonds. The quantitative estimate of drug-likeness (QED) is 0.647. The number of amides is 1. The first kappa shape index (κ1) is 20.5. The van der Waals surface area contributed by atoms with Crippen molar-refractivity contribution in [3.05, 3.63) is 77.6 Å². The lowest BCUT2D eigenvalue weighted by atomic mass is 10.0. The van der Waals surface area contributed by atoms with E-state index in [1.807, 2.05) is 51.5 Å². The number of aromatic nitrogens is 2. The Hall–Kier alpha value is -3.25. The fourth-order valence-corrected chi connectivity index (χ4v) is 3.28. The van der Waals surface area contributed by atoms with Gasteiger partial charge in [-0.15, -0.1) is 0 Å². The SMILES string of the molecule is CNc1nccnc1-c1ccc(C(=O)NCC(c2cccc(C)c2)N(C)C)cc1. The molecule has 6 nitrogen and oxygen atoms in total. The number of nitrogens with one attached hydrogen (secondary N) is 2. The Morgan fingerprint density at radius 3 is 2.45 bits per heavy atom. The van der Waals surface area contributed by atoms with Crippen molar-refractivity contribution in [2.75, 3.05) is 33.0 Å². The average Bonchev–Trinajstić information content (AvgIpc) is 2.73. The van der Waals surface area contributed by atoms with Gasteiger partial charge in [0, 0.05) is 37.1 Å². The number of anilines is 1. The zero-order valence-electron chi connectivity index (χ0n) is 17.3. The van der Waals surface area contributed by atoms with E-state index in [2.05, 4.69) is 50.6 Å². The topological polar surface area (TPSA) is 70.1 Å². The van der Waals surface area contributed by atoms with Gasteiger partial charge in [-0.2, -0.15) is 0 Å². The van der Waals surface area contributed by atoms with Crippen LogP contribution in [0.4, 0.5) is 5.82 Å². The second kappa shape index (κ2) is 9.30. The van der Waals surface area contributed by atoms with Crippen molar-refractivity contribution >= 4 is 11.7 Å². The second-order valence-corrected chi connectivity index (χ2v) is 7.18. The van der Waals surface area contributed by atoms with E-state index in [-0.39, 0.29) is 11.9 Å². The van der Waals surface area contributed by atoms with E-state index in [4.69, 9.17) is 0 Å². The van der Waals surface area contributed by atoms with Crippen LogP contribution in [0.3, 0.4) is 0 Å². The Morgan fingerprint density at radius 1 is 1.07 bits per heavy atom. The van der Waals surface area contributed by atoms with Crippen LogP contribution in [0.1, 0.15) is 27.5 Å². The Kier molecular flexibility index (Phi) is 6.57. The van der Waals surface area contributed by atoms with Crippen LogP contribution in [-0.4, -0.2) is 48.5 Å². The smallest absolute Gasteiger partial charge is 0.251 e. The maximum Gasteiger partial charge on any atom is 0.251 e. The number of hydrogen-bond acceptors (Lipinski definition) is 5. The van der Waals surface area contributed by atoms with E-state index in [0.29, 0.717) is 17.9 Å². The van der Waals surface area contributed by atoms with Crippen molar-refractivity contribution < 1.29 is 4.79 Å². The lowest BCUT2D eigenvalue weighted by Crippen LogP contribution is -2.34. The number of benzene rings is 2. The summed E-state index contributed by atoms with van der Waals surface area (Å²) in [5.74, 6) is 0.612. The van der Waals surface area contributed by atoms with Crippen LogP contribution in [-0.2, 0) is 0 Å². The molecule has 6 heteroatoms. The lowest BCUT2D eigenvalue weighted by molar-refractivity contribution is 0.0942. The maximum absolute atomic E-state index is 12.7. The minimum absolute atomic E-state index is 0.0935. The van der Waals surface area contributed by atoms with Crippen LogP contribution in [0.25, 0.3) is 11.3 Å². The highest BCUT2D eigenvalue weighted by Gasteiger charge is 2.16. The van der Waals surface area contributed by atoms with E-state index < -0.39 is 0 Å². The van der Waals surface area contributed by atoms with Crippen LogP contribution < -0.4 is 10.6 Å². The summed E-state index contributed by atoms with van der Waals surface area (Å²) in [5, 5.41) is 6.10. The molecule has 29 heavy (non-hydrogen) atoms. The third-order valence-electron chi connectivity index (χ3n) is 4.86. The molecule has 0 aliphatic heterocycles. The first-order valence-corrected chi connectivity index (χ1v) is 9.60. The standard InChI is InChI=1S/C23H27N5O/c1-16-6-5-7-19(14-16)20(28(3)4)15-27-23(29)18-10-8-17(9-11-18)21-22(24-2)26-13-12-25-21/h5-14,20H,15H2,1-4H3,(H,24,26)(H,27,29). The summed E-state index contributed by atoms with van der Waals surface area (Å²) in [4.78, 5) is 23.4. The molecule has 0 spiro atoms. The van der Waals surface area contributed by atoms with Gasteiger partial charge in [0.1, 0.15) is 5.69 Å². The number of nitrogens with zero attached hydrogens (tertiary/aromatic N) is 3. The van der Waals surface area contributed by atoms with Crippen LogP contribution in [0.5, 0.6) is 0 Å². The van der Waals surface area contributed by atoms with Gasteiger partial charge < -0.3 is 15.5 Å². The highest BCUT2D eigenvalue weighted by molar-refractivity contribution is 5.94. The fourth-order valence-electron chi connectivity index (χ4n) is 3.28. The molecule has 0 fully saturated rings. The molecule has 2 N–H and O–H groups in total. The number of carbonyl (C=O) groups excluding carboxylic acids is 1.